The first kappa shape index (κ1) is 12.8. The first-order chi connectivity index (χ1) is 7.60. The van der Waals surface area contributed by atoms with Gasteiger partial charge in [-0.2, -0.15) is 5.26 Å². The number of aromatic amines is 1. The summed E-state index contributed by atoms with van der Waals surface area (Å²) in [5.74, 6) is 0.124. The molecular formula is C13H21N3. The second-order valence-electron chi connectivity index (χ2n) is 4.83. The Balaban J connectivity index is 2.41. The third kappa shape index (κ3) is 3.39. The van der Waals surface area contributed by atoms with Gasteiger partial charge in [-0.1, -0.05) is 20.8 Å². The molecule has 3 heteroatoms. The second kappa shape index (κ2) is 5.72. The fraction of sp³-hybridized carbons (Fsp3) is 0.615. The molecule has 88 valence electrons. The number of nitrogens with zero attached hydrogens (tertiary/aromatic N) is 1. The van der Waals surface area contributed by atoms with Gasteiger partial charge in [0.05, 0.1) is 12.0 Å². The Labute approximate surface area is 97.9 Å². The molecule has 0 spiro atoms. The van der Waals surface area contributed by atoms with Crippen LogP contribution in [0.1, 0.15) is 32.9 Å². The predicted molar refractivity (Wildman–Crippen MR) is 66.1 cm³/mol. The normalized spacial score (nSPS) is 13.4. The van der Waals surface area contributed by atoms with Crippen LogP contribution in [0.5, 0.6) is 0 Å². The number of H-pyrrole nitrogens is 1. The molecule has 0 bridgehead atoms. The maximum Gasteiger partial charge on any atom is 0.0669 e. The zero-order valence-corrected chi connectivity index (χ0v) is 10.4. The van der Waals surface area contributed by atoms with Gasteiger partial charge < -0.3 is 10.3 Å². The zero-order valence-electron chi connectivity index (χ0n) is 10.4. The molecule has 16 heavy (non-hydrogen) atoms. The van der Waals surface area contributed by atoms with Crippen LogP contribution < -0.4 is 5.32 Å². The highest BCUT2D eigenvalue weighted by atomic mass is 14.9. The summed E-state index contributed by atoms with van der Waals surface area (Å²) in [5, 5.41) is 12.2. The van der Waals surface area contributed by atoms with Crippen molar-refractivity contribution in [1.82, 2.24) is 10.3 Å². The van der Waals surface area contributed by atoms with Crippen molar-refractivity contribution in [3.8, 4) is 6.07 Å². The van der Waals surface area contributed by atoms with Crippen LogP contribution in [0.15, 0.2) is 18.3 Å². The summed E-state index contributed by atoms with van der Waals surface area (Å²) in [6.07, 6.45) is 2.85. The fourth-order valence-corrected chi connectivity index (χ4v) is 1.69. The zero-order chi connectivity index (χ0) is 12.0. The number of rotatable bonds is 6. The van der Waals surface area contributed by atoms with Crippen LogP contribution in [0.25, 0.3) is 0 Å². The molecule has 1 atom stereocenters. The summed E-state index contributed by atoms with van der Waals surface area (Å²) >= 11 is 0. The molecule has 0 aromatic carbocycles. The van der Waals surface area contributed by atoms with E-state index in [0.717, 1.165) is 19.5 Å². The van der Waals surface area contributed by atoms with Crippen LogP contribution in [0.3, 0.4) is 0 Å². The number of nitriles is 1. The van der Waals surface area contributed by atoms with Gasteiger partial charge in [0.25, 0.3) is 0 Å². The van der Waals surface area contributed by atoms with Crippen molar-refractivity contribution in [2.24, 2.45) is 5.92 Å². The Morgan fingerprint density at radius 3 is 2.81 bits per heavy atom. The molecule has 0 aliphatic heterocycles. The first-order valence-electron chi connectivity index (χ1n) is 5.84. The topological polar surface area (TPSA) is 51.6 Å². The molecule has 0 radical (unpaired) electrons. The molecule has 1 heterocycles. The summed E-state index contributed by atoms with van der Waals surface area (Å²) < 4.78 is 0. The molecular weight excluding hydrogens is 198 g/mol. The average Bonchev–Trinajstić information content (AvgIpc) is 2.78. The van der Waals surface area contributed by atoms with Crippen LogP contribution in [-0.4, -0.2) is 18.1 Å². The lowest BCUT2D eigenvalue weighted by Gasteiger charge is -2.24. The smallest absolute Gasteiger partial charge is 0.0669 e. The highest BCUT2D eigenvalue weighted by Crippen LogP contribution is 2.19. The fourth-order valence-electron chi connectivity index (χ4n) is 1.69. The van der Waals surface area contributed by atoms with Gasteiger partial charge in [0.15, 0.2) is 0 Å². The minimum atomic E-state index is 0.0806. The molecule has 1 aromatic rings. The van der Waals surface area contributed by atoms with E-state index < -0.39 is 0 Å². The highest BCUT2D eigenvalue weighted by molar-refractivity contribution is 5.15. The standard InChI is InChI=1S/C13H21N3/c1-4-11(8-14)9-15-10-13(2,3)12-6-5-7-16-12/h5-7,11,15-16H,4,9-10H2,1-3H3. The number of hydrogen-bond acceptors (Lipinski definition) is 2. The lowest BCUT2D eigenvalue weighted by molar-refractivity contribution is 0.437. The third-order valence-corrected chi connectivity index (χ3v) is 2.96. The van der Waals surface area contributed by atoms with Crippen molar-refractivity contribution < 1.29 is 0 Å². The van der Waals surface area contributed by atoms with Gasteiger partial charge in [0.2, 0.25) is 0 Å². The SMILES string of the molecule is CCC(C#N)CNCC(C)(C)c1ccc[nH]1. The molecule has 0 amide bonds. The first-order valence-corrected chi connectivity index (χ1v) is 5.84. The van der Waals surface area contributed by atoms with Crippen LogP contribution in [0.4, 0.5) is 0 Å². The van der Waals surface area contributed by atoms with Gasteiger partial charge in [-0.05, 0) is 18.6 Å². The molecule has 0 fully saturated rings. The Hall–Kier alpha value is -1.27. The molecule has 2 N–H and O–H groups in total. The van der Waals surface area contributed by atoms with Crippen molar-refractivity contribution >= 4 is 0 Å². The molecule has 1 rings (SSSR count). The van der Waals surface area contributed by atoms with Crippen LogP contribution in [-0.2, 0) is 5.41 Å². The summed E-state index contributed by atoms with van der Waals surface area (Å²) in [6, 6.07) is 6.42. The van der Waals surface area contributed by atoms with Gasteiger partial charge in [-0.25, -0.2) is 0 Å². The molecule has 0 aliphatic carbocycles. The van der Waals surface area contributed by atoms with Crippen LogP contribution >= 0.6 is 0 Å². The van der Waals surface area contributed by atoms with Gasteiger partial charge >= 0.3 is 0 Å². The highest BCUT2D eigenvalue weighted by Gasteiger charge is 2.21. The minimum absolute atomic E-state index is 0.0806. The van der Waals surface area contributed by atoms with E-state index >= 15 is 0 Å². The average molecular weight is 219 g/mol. The van der Waals surface area contributed by atoms with Gasteiger partial charge in [0, 0.05) is 30.4 Å². The Kier molecular flexibility index (Phi) is 4.57. The maximum atomic E-state index is 8.84. The van der Waals surface area contributed by atoms with E-state index in [0.29, 0.717) is 0 Å². The van der Waals surface area contributed by atoms with E-state index in [9.17, 15) is 0 Å². The Morgan fingerprint density at radius 2 is 2.31 bits per heavy atom. The van der Waals surface area contributed by atoms with Crippen molar-refractivity contribution in [3.63, 3.8) is 0 Å². The van der Waals surface area contributed by atoms with E-state index in [1.807, 2.05) is 19.2 Å². The lowest BCUT2D eigenvalue weighted by Crippen LogP contribution is -2.35. The van der Waals surface area contributed by atoms with Crippen molar-refractivity contribution in [3.05, 3.63) is 24.0 Å². The molecule has 0 saturated heterocycles. The minimum Gasteiger partial charge on any atom is -0.365 e. The predicted octanol–water partition coefficient (Wildman–Crippen LogP) is 2.43. The number of nitrogens with one attached hydrogen (secondary N) is 2. The molecule has 3 nitrogen and oxygen atoms in total. The van der Waals surface area contributed by atoms with Crippen molar-refractivity contribution in [1.29, 1.82) is 5.26 Å². The van der Waals surface area contributed by atoms with Crippen molar-refractivity contribution in [2.75, 3.05) is 13.1 Å². The van der Waals surface area contributed by atoms with E-state index in [1.54, 1.807) is 0 Å². The number of aromatic nitrogens is 1. The molecule has 0 aliphatic rings. The van der Waals surface area contributed by atoms with Crippen LogP contribution in [0.2, 0.25) is 0 Å². The van der Waals surface area contributed by atoms with E-state index in [-0.39, 0.29) is 11.3 Å². The van der Waals surface area contributed by atoms with E-state index in [4.69, 9.17) is 5.26 Å². The van der Waals surface area contributed by atoms with Crippen LogP contribution in [0, 0.1) is 17.2 Å². The molecule has 1 unspecified atom stereocenters. The second-order valence-corrected chi connectivity index (χ2v) is 4.83. The summed E-state index contributed by atoms with van der Waals surface area (Å²) in [5.41, 5.74) is 1.31. The lowest BCUT2D eigenvalue weighted by atomic mass is 9.89. The molecule has 0 saturated carbocycles. The van der Waals surface area contributed by atoms with Crippen molar-refractivity contribution in [2.45, 2.75) is 32.6 Å². The number of hydrogen-bond donors (Lipinski definition) is 2. The summed E-state index contributed by atoms with van der Waals surface area (Å²) in [7, 11) is 0. The van der Waals surface area contributed by atoms with Gasteiger partial charge in [-0.15, -0.1) is 0 Å². The quantitative estimate of drug-likeness (QED) is 0.772. The maximum absolute atomic E-state index is 8.84. The van der Waals surface area contributed by atoms with E-state index in [2.05, 4.69) is 36.3 Å². The van der Waals surface area contributed by atoms with Gasteiger partial charge in [0.1, 0.15) is 0 Å². The largest absolute Gasteiger partial charge is 0.365 e. The monoisotopic (exact) mass is 219 g/mol. The summed E-state index contributed by atoms with van der Waals surface area (Å²) in [6.45, 7) is 8.09. The van der Waals surface area contributed by atoms with E-state index in [1.165, 1.54) is 5.69 Å². The Morgan fingerprint density at radius 1 is 1.56 bits per heavy atom. The third-order valence-electron chi connectivity index (χ3n) is 2.96. The molecule has 1 aromatic heterocycles. The Bertz CT molecular complexity index is 333. The van der Waals surface area contributed by atoms with Gasteiger partial charge in [-0.3, -0.25) is 0 Å². The summed E-state index contributed by atoms with van der Waals surface area (Å²) in [4.78, 5) is 3.24.